The maximum Gasteiger partial charge on any atom is 0.254 e. The topological polar surface area (TPSA) is 32.3 Å². The molecule has 3 rings (SSSR count). The zero-order chi connectivity index (χ0) is 13.2. The predicted molar refractivity (Wildman–Crippen MR) is 83.7 cm³/mol. The average Bonchev–Trinajstić information content (AvgIpc) is 2.46. The molecular formula is C16H23ClN2O. The van der Waals surface area contributed by atoms with Crippen LogP contribution < -0.4 is 5.32 Å². The van der Waals surface area contributed by atoms with Gasteiger partial charge in [0.25, 0.3) is 5.91 Å². The van der Waals surface area contributed by atoms with E-state index in [9.17, 15) is 4.79 Å². The highest BCUT2D eigenvalue weighted by molar-refractivity contribution is 5.94. The number of piperazine rings is 1. The van der Waals surface area contributed by atoms with E-state index in [1.165, 1.54) is 30.4 Å². The second-order valence-corrected chi connectivity index (χ2v) is 5.74. The molecule has 1 atom stereocenters. The maximum atomic E-state index is 12.6. The van der Waals surface area contributed by atoms with Crippen LogP contribution in [0.3, 0.4) is 0 Å². The van der Waals surface area contributed by atoms with Crippen molar-refractivity contribution in [3.05, 3.63) is 34.9 Å². The van der Waals surface area contributed by atoms with Gasteiger partial charge in [0, 0.05) is 31.2 Å². The summed E-state index contributed by atoms with van der Waals surface area (Å²) in [4.78, 5) is 14.6. The molecule has 1 aliphatic carbocycles. The lowest BCUT2D eigenvalue weighted by atomic mass is 9.90. The van der Waals surface area contributed by atoms with Gasteiger partial charge in [-0.2, -0.15) is 0 Å². The first-order valence-corrected chi connectivity index (χ1v) is 7.39. The van der Waals surface area contributed by atoms with Crippen LogP contribution >= 0.6 is 12.4 Å². The van der Waals surface area contributed by atoms with Gasteiger partial charge in [-0.3, -0.25) is 4.79 Å². The molecule has 20 heavy (non-hydrogen) atoms. The van der Waals surface area contributed by atoms with Gasteiger partial charge in [-0.25, -0.2) is 0 Å². The van der Waals surface area contributed by atoms with Crippen molar-refractivity contribution in [2.75, 3.05) is 19.6 Å². The fourth-order valence-corrected chi connectivity index (χ4v) is 3.18. The van der Waals surface area contributed by atoms with E-state index in [1.807, 2.05) is 11.0 Å². The Kier molecular flexibility index (Phi) is 5.06. The number of benzene rings is 1. The largest absolute Gasteiger partial charge is 0.333 e. The third kappa shape index (κ3) is 2.99. The third-order valence-electron chi connectivity index (χ3n) is 4.36. The summed E-state index contributed by atoms with van der Waals surface area (Å²) < 4.78 is 0. The number of amides is 1. The van der Waals surface area contributed by atoms with Gasteiger partial charge in [-0.15, -0.1) is 12.4 Å². The number of hydrogen-bond acceptors (Lipinski definition) is 2. The van der Waals surface area contributed by atoms with E-state index in [0.29, 0.717) is 0 Å². The second-order valence-electron chi connectivity index (χ2n) is 5.74. The quantitative estimate of drug-likeness (QED) is 0.863. The number of nitrogens with one attached hydrogen (secondary N) is 1. The van der Waals surface area contributed by atoms with E-state index >= 15 is 0 Å². The molecule has 0 unspecified atom stereocenters. The van der Waals surface area contributed by atoms with Gasteiger partial charge in [0.05, 0.1) is 0 Å². The number of carbonyl (C=O) groups excluding carboxylic acids is 1. The Bertz CT molecular complexity index is 489. The molecule has 1 amide bonds. The van der Waals surface area contributed by atoms with Gasteiger partial charge >= 0.3 is 0 Å². The molecule has 1 fully saturated rings. The Hall–Kier alpha value is -1.06. The lowest BCUT2D eigenvalue weighted by Crippen LogP contribution is -2.52. The molecule has 0 spiro atoms. The van der Waals surface area contributed by atoms with Crippen molar-refractivity contribution >= 4 is 18.3 Å². The van der Waals surface area contributed by atoms with Crippen LogP contribution in [0.4, 0.5) is 0 Å². The van der Waals surface area contributed by atoms with Crippen molar-refractivity contribution in [1.29, 1.82) is 0 Å². The minimum atomic E-state index is 0. The molecule has 0 radical (unpaired) electrons. The van der Waals surface area contributed by atoms with Crippen LogP contribution in [0.5, 0.6) is 0 Å². The molecule has 1 saturated heterocycles. The van der Waals surface area contributed by atoms with E-state index in [2.05, 4.69) is 24.4 Å². The predicted octanol–water partition coefficient (Wildman–Crippen LogP) is 2.42. The minimum Gasteiger partial charge on any atom is -0.333 e. The lowest BCUT2D eigenvalue weighted by molar-refractivity contribution is 0.0655. The Morgan fingerprint density at radius 1 is 1.25 bits per heavy atom. The number of halogens is 1. The Balaban J connectivity index is 0.00000147. The van der Waals surface area contributed by atoms with Crippen molar-refractivity contribution < 1.29 is 4.79 Å². The highest BCUT2D eigenvalue weighted by Crippen LogP contribution is 2.23. The fraction of sp³-hybridized carbons (Fsp3) is 0.562. The normalized spacial score (nSPS) is 21.9. The molecule has 1 aromatic rings. The monoisotopic (exact) mass is 294 g/mol. The van der Waals surface area contributed by atoms with Crippen LogP contribution in [0, 0.1) is 0 Å². The standard InChI is InChI=1S/C16H22N2O.ClH/c1-12-11-17-8-9-18(12)16(19)15-7-6-13-4-2-3-5-14(13)10-15;/h6-7,10,12,17H,2-5,8-9,11H2,1H3;1H/t12-;/m0./s1. The van der Waals surface area contributed by atoms with Crippen molar-refractivity contribution in [3.63, 3.8) is 0 Å². The number of nitrogens with zero attached hydrogens (tertiary/aromatic N) is 1. The molecule has 1 aliphatic heterocycles. The fourth-order valence-electron chi connectivity index (χ4n) is 3.18. The van der Waals surface area contributed by atoms with Crippen LogP contribution in [-0.2, 0) is 12.8 Å². The first-order chi connectivity index (χ1) is 9.25. The van der Waals surface area contributed by atoms with Crippen LogP contribution in [0.25, 0.3) is 0 Å². The number of carbonyl (C=O) groups is 1. The number of fused-ring (bicyclic) bond motifs is 1. The van der Waals surface area contributed by atoms with Gasteiger partial charge < -0.3 is 10.2 Å². The Morgan fingerprint density at radius 2 is 2.00 bits per heavy atom. The average molecular weight is 295 g/mol. The molecule has 1 N–H and O–H groups in total. The van der Waals surface area contributed by atoms with E-state index in [1.54, 1.807) is 0 Å². The summed E-state index contributed by atoms with van der Waals surface area (Å²) in [5.74, 6) is 0.197. The van der Waals surface area contributed by atoms with Crippen LogP contribution in [0.15, 0.2) is 18.2 Å². The van der Waals surface area contributed by atoms with E-state index in [-0.39, 0.29) is 24.4 Å². The summed E-state index contributed by atoms with van der Waals surface area (Å²) in [6.45, 7) is 4.73. The Labute approximate surface area is 127 Å². The maximum absolute atomic E-state index is 12.6. The molecular weight excluding hydrogens is 272 g/mol. The van der Waals surface area contributed by atoms with Gasteiger partial charge in [0.15, 0.2) is 0 Å². The van der Waals surface area contributed by atoms with Crippen molar-refractivity contribution in [3.8, 4) is 0 Å². The molecule has 0 saturated carbocycles. The van der Waals surface area contributed by atoms with Crippen molar-refractivity contribution in [1.82, 2.24) is 10.2 Å². The summed E-state index contributed by atoms with van der Waals surface area (Å²) in [6, 6.07) is 6.60. The van der Waals surface area contributed by atoms with Crippen LogP contribution in [0.2, 0.25) is 0 Å². The highest BCUT2D eigenvalue weighted by atomic mass is 35.5. The molecule has 110 valence electrons. The first kappa shape index (κ1) is 15.3. The second kappa shape index (κ2) is 6.59. The molecule has 0 bridgehead atoms. The summed E-state index contributed by atoms with van der Waals surface area (Å²) in [6.07, 6.45) is 4.85. The van der Waals surface area contributed by atoms with Gasteiger partial charge in [-0.05, 0) is 55.9 Å². The summed E-state index contributed by atoms with van der Waals surface area (Å²) in [7, 11) is 0. The molecule has 3 nitrogen and oxygen atoms in total. The zero-order valence-corrected chi connectivity index (χ0v) is 12.8. The molecule has 1 heterocycles. The van der Waals surface area contributed by atoms with Gasteiger partial charge in [-0.1, -0.05) is 6.07 Å². The summed E-state index contributed by atoms with van der Waals surface area (Å²) in [5, 5.41) is 3.33. The highest BCUT2D eigenvalue weighted by Gasteiger charge is 2.24. The number of rotatable bonds is 1. The van der Waals surface area contributed by atoms with E-state index in [0.717, 1.165) is 31.6 Å². The van der Waals surface area contributed by atoms with Crippen LogP contribution in [-0.4, -0.2) is 36.5 Å². The summed E-state index contributed by atoms with van der Waals surface area (Å²) >= 11 is 0. The lowest BCUT2D eigenvalue weighted by Gasteiger charge is -2.34. The van der Waals surface area contributed by atoms with E-state index < -0.39 is 0 Å². The number of aryl methyl sites for hydroxylation is 2. The zero-order valence-electron chi connectivity index (χ0n) is 12.0. The SMILES string of the molecule is C[C@H]1CNCCN1C(=O)c1ccc2c(c1)CCCC2.Cl. The third-order valence-corrected chi connectivity index (χ3v) is 4.36. The van der Waals surface area contributed by atoms with Crippen LogP contribution in [0.1, 0.15) is 41.3 Å². The van der Waals surface area contributed by atoms with E-state index in [4.69, 9.17) is 0 Å². The summed E-state index contributed by atoms with van der Waals surface area (Å²) in [5.41, 5.74) is 3.70. The molecule has 4 heteroatoms. The van der Waals surface area contributed by atoms with Gasteiger partial charge in [0.2, 0.25) is 0 Å². The first-order valence-electron chi connectivity index (χ1n) is 7.39. The molecule has 0 aromatic heterocycles. The Morgan fingerprint density at radius 3 is 2.75 bits per heavy atom. The van der Waals surface area contributed by atoms with Gasteiger partial charge in [0.1, 0.15) is 0 Å². The minimum absolute atomic E-state index is 0. The smallest absolute Gasteiger partial charge is 0.254 e. The van der Waals surface area contributed by atoms with Crippen molar-refractivity contribution in [2.45, 2.75) is 38.6 Å². The molecule has 2 aliphatic rings. The number of hydrogen-bond donors (Lipinski definition) is 1. The van der Waals surface area contributed by atoms with Crippen molar-refractivity contribution in [2.24, 2.45) is 0 Å². The molecule has 1 aromatic carbocycles.